The summed E-state index contributed by atoms with van der Waals surface area (Å²) in [5.41, 5.74) is 0.237. The third kappa shape index (κ3) is 4.44. The maximum atomic E-state index is 13.5. The van der Waals surface area contributed by atoms with Gasteiger partial charge in [0.2, 0.25) is 15.9 Å². The fourth-order valence-electron chi connectivity index (χ4n) is 4.10. The number of nitrogens with zero attached hydrogens (tertiary/aromatic N) is 1. The fourth-order valence-corrected chi connectivity index (χ4v) is 7.79. The van der Waals surface area contributed by atoms with Crippen LogP contribution in [0.2, 0.25) is 5.02 Å². The first kappa shape index (κ1) is 24.7. The van der Waals surface area contributed by atoms with Gasteiger partial charge in [-0.05, 0) is 55.3 Å². The Balaban J connectivity index is 1.95. The maximum absolute atomic E-state index is 13.5. The molecule has 0 saturated heterocycles. The molecule has 3 rings (SSSR count). The molecule has 1 fully saturated rings. The van der Waals surface area contributed by atoms with Crippen LogP contribution in [-0.2, 0) is 24.7 Å². The van der Waals surface area contributed by atoms with Crippen molar-refractivity contribution in [2.75, 3.05) is 18.4 Å². The van der Waals surface area contributed by atoms with E-state index in [0.717, 1.165) is 0 Å². The quantitative estimate of drug-likeness (QED) is 0.590. The molecule has 174 valence electrons. The van der Waals surface area contributed by atoms with E-state index in [1.54, 1.807) is 19.9 Å². The molecule has 1 aliphatic carbocycles. The molecule has 0 radical (unpaired) electrons. The lowest BCUT2D eigenvalue weighted by molar-refractivity contribution is -0.118. The predicted molar refractivity (Wildman–Crippen MR) is 125 cm³/mol. The third-order valence-electron chi connectivity index (χ3n) is 5.90. The number of carbonyl (C=O) groups excluding carboxylic acids is 1. The molecule has 0 atom stereocenters. The number of anilines is 1. The summed E-state index contributed by atoms with van der Waals surface area (Å²) >= 11 is 5.89. The van der Waals surface area contributed by atoms with Crippen LogP contribution in [0.15, 0.2) is 58.3 Å². The molecule has 1 saturated carbocycles. The molecule has 10 heteroatoms. The Bertz CT molecular complexity index is 1190. The van der Waals surface area contributed by atoms with Crippen LogP contribution in [0, 0.1) is 0 Å². The second kappa shape index (κ2) is 9.51. The van der Waals surface area contributed by atoms with E-state index in [0.29, 0.717) is 31.0 Å². The topological polar surface area (TPSA) is 101 Å². The standard InChI is InChI=1S/C22H27ClN2O5S2/c1-3-25(4-2)32(29,30)20-9-7-8-18(16-20)24-21(26)22(14-5-6-15-22)31(27,28)19-12-10-17(23)11-13-19/h7-13,16H,3-6,14-15H2,1-2H3,(H,24,26). The van der Waals surface area contributed by atoms with E-state index in [9.17, 15) is 21.6 Å². The Labute approximate surface area is 194 Å². The monoisotopic (exact) mass is 498 g/mol. The lowest BCUT2D eigenvalue weighted by Gasteiger charge is -2.28. The molecule has 0 unspecified atom stereocenters. The molecule has 2 aromatic rings. The van der Waals surface area contributed by atoms with Crippen molar-refractivity contribution in [1.82, 2.24) is 4.31 Å². The molecule has 0 heterocycles. The first-order valence-electron chi connectivity index (χ1n) is 10.5. The molecule has 1 amide bonds. The van der Waals surface area contributed by atoms with Crippen molar-refractivity contribution in [3.8, 4) is 0 Å². The highest BCUT2D eigenvalue weighted by Gasteiger charge is 2.53. The molecule has 0 aromatic heterocycles. The molecule has 7 nitrogen and oxygen atoms in total. The summed E-state index contributed by atoms with van der Waals surface area (Å²) in [5.74, 6) is -0.651. The summed E-state index contributed by atoms with van der Waals surface area (Å²) in [7, 11) is -7.71. The predicted octanol–water partition coefficient (Wildman–Crippen LogP) is 4.10. The Morgan fingerprint density at radius 2 is 1.56 bits per heavy atom. The van der Waals surface area contributed by atoms with E-state index in [-0.39, 0.29) is 28.3 Å². The van der Waals surface area contributed by atoms with Gasteiger partial charge in [-0.15, -0.1) is 0 Å². The number of hydrogen-bond acceptors (Lipinski definition) is 5. The van der Waals surface area contributed by atoms with E-state index in [1.807, 2.05) is 0 Å². The minimum Gasteiger partial charge on any atom is -0.325 e. The summed E-state index contributed by atoms with van der Waals surface area (Å²) in [5, 5.41) is 3.08. The molecule has 0 bridgehead atoms. The second-order valence-corrected chi connectivity index (χ2v) is 12.4. The lowest BCUT2D eigenvalue weighted by Crippen LogP contribution is -2.47. The molecule has 2 aromatic carbocycles. The van der Waals surface area contributed by atoms with Gasteiger partial charge < -0.3 is 5.32 Å². The van der Waals surface area contributed by atoms with Crippen molar-refractivity contribution in [2.45, 2.75) is 54.1 Å². The molecular formula is C22H27ClN2O5S2. The van der Waals surface area contributed by atoms with Crippen LogP contribution >= 0.6 is 11.6 Å². The van der Waals surface area contributed by atoms with Gasteiger partial charge in [0.05, 0.1) is 9.79 Å². The van der Waals surface area contributed by atoms with Gasteiger partial charge in [-0.1, -0.05) is 44.4 Å². The Kier molecular flexibility index (Phi) is 7.34. The van der Waals surface area contributed by atoms with Gasteiger partial charge in [-0.2, -0.15) is 4.31 Å². The molecule has 1 aliphatic rings. The summed E-state index contributed by atoms with van der Waals surface area (Å²) in [6.45, 7) is 4.13. The van der Waals surface area contributed by atoms with Crippen molar-refractivity contribution in [3.63, 3.8) is 0 Å². The van der Waals surface area contributed by atoms with Crippen molar-refractivity contribution < 1.29 is 21.6 Å². The SMILES string of the molecule is CCN(CC)S(=O)(=O)c1cccc(NC(=O)C2(S(=O)(=O)c3ccc(Cl)cc3)CCCC2)c1. The van der Waals surface area contributed by atoms with Crippen molar-refractivity contribution in [3.05, 3.63) is 53.6 Å². The van der Waals surface area contributed by atoms with Crippen molar-refractivity contribution in [1.29, 1.82) is 0 Å². The minimum atomic E-state index is -3.99. The van der Waals surface area contributed by atoms with E-state index in [4.69, 9.17) is 11.6 Å². The zero-order valence-corrected chi connectivity index (χ0v) is 20.4. The number of carbonyl (C=O) groups is 1. The molecule has 0 aliphatic heterocycles. The molecule has 1 N–H and O–H groups in total. The van der Waals surface area contributed by atoms with Gasteiger partial charge >= 0.3 is 0 Å². The summed E-state index contributed by atoms with van der Waals surface area (Å²) < 4.78 is 52.3. The summed E-state index contributed by atoms with van der Waals surface area (Å²) in [6.07, 6.45) is 1.61. The van der Waals surface area contributed by atoms with Gasteiger partial charge in [-0.25, -0.2) is 16.8 Å². The number of sulfone groups is 1. The van der Waals surface area contributed by atoms with E-state index in [1.165, 1.54) is 46.8 Å². The smallest absolute Gasteiger partial charge is 0.246 e. The van der Waals surface area contributed by atoms with Gasteiger partial charge in [0, 0.05) is 23.8 Å². The van der Waals surface area contributed by atoms with Crippen molar-refractivity contribution in [2.24, 2.45) is 0 Å². The zero-order chi connectivity index (χ0) is 23.6. The first-order valence-corrected chi connectivity index (χ1v) is 13.8. The second-order valence-electron chi connectivity index (χ2n) is 7.73. The van der Waals surface area contributed by atoms with Crippen molar-refractivity contribution >= 4 is 43.1 Å². The van der Waals surface area contributed by atoms with E-state index in [2.05, 4.69) is 5.32 Å². The van der Waals surface area contributed by atoms with Crippen LogP contribution in [-0.4, -0.2) is 44.9 Å². The minimum absolute atomic E-state index is 0.0387. The summed E-state index contributed by atoms with van der Waals surface area (Å²) in [4.78, 5) is 13.4. The number of nitrogens with one attached hydrogen (secondary N) is 1. The Morgan fingerprint density at radius 3 is 2.12 bits per heavy atom. The van der Waals surface area contributed by atoms with Crippen LogP contribution in [0.25, 0.3) is 0 Å². The highest BCUT2D eigenvalue weighted by atomic mass is 35.5. The highest BCUT2D eigenvalue weighted by Crippen LogP contribution is 2.41. The van der Waals surface area contributed by atoms with Gasteiger partial charge in [0.15, 0.2) is 14.6 Å². The molecule has 32 heavy (non-hydrogen) atoms. The fraction of sp³-hybridized carbons (Fsp3) is 0.409. The van der Waals surface area contributed by atoms with Gasteiger partial charge in [-0.3, -0.25) is 4.79 Å². The van der Waals surface area contributed by atoms with Gasteiger partial charge in [0.25, 0.3) is 0 Å². The van der Waals surface area contributed by atoms with Gasteiger partial charge in [0.1, 0.15) is 0 Å². The van der Waals surface area contributed by atoms with E-state index >= 15 is 0 Å². The normalized spacial score (nSPS) is 16.2. The molecule has 0 spiro atoms. The number of hydrogen-bond donors (Lipinski definition) is 1. The van der Waals surface area contributed by atoms with Crippen LogP contribution < -0.4 is 5.32 Å². The Hall–Kier alpha value is -1.94. The van der Waals surface area contributed by atoms with Crippen LogP contribution in [0.5, 0.6) is 0 Å². The first-order chi connectivity index (χ1) is 15.1. The number of halogens is 1. The number of rotatable bonds is 8. The van der Waals surface area contributed by atoms with Crippen LogP contribution in [0.1, 0.15) is 39.5 Å². The summed E-state index contributed by atoms with van der Waals surface area (Å²) in [6, 6.07) is 11.7. The number of amides is 1. The maximum Gasteiger partial charge on any atom is 0.246 e. The Morgan fingerprint density at radius 1 is 0.969 bits per heavy atom. The lowest BCUT2D eigenvalue weighted by atomic mass is 10.1. The largest absolute Gasteiger partial charge is 0.325 e. The third-order valence-corrected chi connectivity index (χ3v) is 10.7. The average molecular weight is 499 g/mol. The number of benzene rings is 2. The zero-order valence-electron chi connectivity index (χ0n) is 18.0. The average Bonchev–Trinajstić information content (AvgIpc) is 3.27. The number of sulfonamides is 1. The highest BCUT2D eigenvalue weighted by molar-refractivity contribution is 7.93. The molecular weight excluding hydrogens is 472 g/mol. The van der Waals surface area contributed by atoms with Crippen LogP contribution in [0.3, 0.4) is 0 Å². The van der Waals surface area contributed by atoms with Crippen LogP contribution in [0.4, 0.5) is 5.69 Å². The van der Waals surface area contributed by atoms with E-state index < -0.39 is 30.5 Å².